The quantitative estimate of drug-likeness (QED) is 0.703. The highest BCUT2D eigenvalue weighted by Crippen LogP contribution is 2.11. The van der Waals surface area contributed by atoms with Crippen LogP contribution in [-0.4, -0.2) is 45.1 Å². The van der Waals surface area contributed by atoms with Crippen LogP contribution in [0.25, 0.3) is 0 Å². The van der Waals surface area contributed by atoms with E-state index >= 15 is 0 Å². The van der Waals surface area contributed by atoms with Crippen LogP contribution in [0.5, 0.6) is 0 Å². The SMILES string of the molecule is Cc1cnc(C(=O)N2CC[C@H](O)C2)cn1. The van der Waals surface area contributed by atoms with Gasteiger partial charge in [0.2, 0.25) is 0 Å². The van der Waals surface area contributed by atoms with E-state index in [9.17, 15) is 9.90 Å². The number of rotatable bonds is 1. The number of hydrogen-bond acceptors (Lipinski definition) is 4. The average molecular weight is 207 g/mol. The summed E-state index contributed by atoms with van der Waals surface area (Å²) in [6.07, 6.45) is 3.29. The van der Waals surface area contributed by atoms with Crippen LogP contribution in [0.15, 0.2) is 12.4 Å². The Bertz CT molecular complexity index is 363. The van der Waals surface area contributed by atoms with Gasteiger partial charge in [-0.15, -0.1) is 0 Å². The van der Waals surface area contributed by atoms with Crippen molar-refractivity contribution in [2.45, 2.75) is 19.4 Å². The van der Waals surface area contributed by atoms with Gasteiger partial charge in [-0.3, -0.25) is 9.78 Å². The topological polar surface area (TPSA) is 66.3 Å². The van der Waals surface area contributed by atoms with E-state index in [4.69, 9.17) is 0 Å². The van der Waals surface area contributed by atoms with Crippen LogP contribution < -0.4 is 0 Å². The summed E-state index contributed by atoms with van der Waals surface area (Å²) in [5.41, 5.74) is 1.13. The Hall–Kier alpha value is -1.49. The maximum Gasteiger partial charge on any atom is 0.274 e. The smallest absolute Gasteiger partial charge is 0.274 e. The second-order valence-electron chi connectivity index (χ2n) is 3.74. The Kier molecular flexibility index (Phi) is 2.64. The van der Waals surface area contributed by atoms with Gasteiger partial charge in [0.15, 0.2) is 0 Å². The van der Waals surface area contributed by atoms with Gasteiger partial charge in [-0.05, 0) is 13.3 Å². The zero-order valence-corrected chi connectivity index (χ0v) is 8.55. The van der Waals surface area contributed by atoms with Gasteiger partial charge in [-0.1, -0.05) is 0 Å². The van der Waals surface area contributed by atoms with Crippen LogP contribution in [0, 0.1) is 6.92 Å². The number of likely N-dealkylation sites (tertiary alicyclic amines) is 1. The van der Waals surface area contributed by atoms with Crippen molar-refractivity contribution >= 4 is 5.91 Å². The van der Waals surface area contributed by atoms with Gasteiger partial charge in [-0.2, -0.15) is 0 Å². The molecule has 2 heterocycles. The van der Waals surface area contributed by atoms with E-state index in [2.05, 4.69) is 9.97 Å². The molecule has 1 aromatic heterocycles. The minimum absolute atomic E-state index is 0.154. The number of carbonyl (C=O) groups excluding carboxylic acids is 1. The molecule has 2 rings (SSSR count). The first kappa shape index (κ1) is 10.0. The van der Waals surface area contributed by atoms with Crippen LogP contribution in [0.2, 0.25) is 0 Å². The maximum absolute atomic E-state index is 11.8. The Labute approximate surface area is 87.8 Å². The van der Waals surface area contributed by atoms with Crippen molar-refractivity contribution in [1.29, 1.82) is 0 Å². The first-order valence-corrected chi connectivity index (χ1v) is 4.93. The van der Waals surface area contributed by atoms with Gasteiger partial charge >= 0.3 is 0 Å². The number of hydrogen-bond donors (Lipinski definition) is 1. The molecule has 5 heteroatoms. The van der Waals surface area contributed by atoms with Gasteiger partial charge < -0.3 is 10.0 Å². The van der Waals surface area contributed by atoms with Crippen LogP contribution >= 0.6 is 0 Å². The number of aromatic nitrogens is 2. The van der Waals surface area contributed by atoms with E-state index in [0.717, 1.165) is 5.69 Å². The number of β-amino-alcohol motifs (C(OH)–C–C–N with tert-alkyl or cyclic N) is 1. The lowest BCUT2D eigenvalue weighted by atomic mass is 10.3. The Balaban J connectivity index is 2.11. The second kappa shape index (κ2) is 3.94. The van der Waals surface area contributed by atoms with Crippen molar-refractivity contribution < 1.29 is 9.90 Å². The number of aliphatic hydroxyl groups excluding tert-OH is 1. The highest BCUT2D eigenvalue weighted by Gasteiger charge is 2.26. The Morgan fingerprint density at radius 1 is 1.53 bits per heavy atom. The molecule has 1 fully saturated rings. The predicted octanol–water partition coefficient (Wildman–Crippen LogP) is -0.00818. The van der Waals surface area contributed by atoms with Crippen LogP contribution in [0.1, 0.15) is 22.6 Å². The van der Waals surface area contributed by atoms with Crippen molar-refractivity contribution in [3.63, 3.8) is 0 Å². The van der Waals surface area contributed by atoms with Gasteiger partial charge in [0.25, 0.3) is 5.91 Å². The van der Waals surface area contributed by atoms with E-state index in [1.165, 1.54) is 6.20 Å². The van der Waals surface area contributed by atoms with Crippen molar-refractivity contribution in [3.8, 4) is 0 Å². The Morgan fingerprint density at radius 2 is 2.33 bits per heavy atom. The molecule has 0 aromatic carbocycles. The molecule has 0 unspecified atom stereocenters. The van der Waals surface area contributed by atoms with E-state index in [1.807, 2.05) is 6.92 Å². The van der Waals surface area contributed by atoms with Gasteiger partial charge in [0.1, 0.15) is 5.69 Å². The van der Waals surface area contributed by atoms with Crippen molar-refractivity contribution in [2.75, 3.05) is 13.1 Å². The summed E-state index contributed by atoms with van der Waals surface area (Å²) in [5, 5.41) is 9.31. The lowest BCUT2D eigenvalue weighted by Crippen LogP contribution is -2.30. The van der Waals surface area contributed by atoms with Gasteiger partial charge in [0, 0.05) is 19.3 Å². The minimum Gasteiger partial charge on any atom is -0.391 e. The second-order valence-corrected chi connectivity index (χ2v) is 3.74. The summed E-state index contributed by atoms with van der Waals surface area (Å²) in [6.45, 7) is 2.81. The summed E-state index contributed by atoms with van der Waals surface area (Å²) in [4.78, 5) is 21.4. The summed E-state index contributed by atoms with van der Waals surface area (Å²) in [5.74, 6) is -0.154. The lowest BCUT2D eigenvalue weighted by Gasteiger charge is -2.14. The number of nitrogens with zero attached hydrogens (tertiary/aromatic N) is 3. The fourth-order valence-corrected chi connectivity index (χ4v) is 1.59. The molecular formula is C10H13N3O2. The van der Waals surface area contributed by atoms with E-state index < -0.39 is 6.10 Å². The first-order valence-electron chi connectivity index (χ1n) is 4.93. The van der Waals surface area contributed by atoms with Crippen molar-refractivity contribution in [1.82, 2.24) is 14.9 Å². The van der Waals surface area contributed by atoms with Crippen LogP contribution in [0.4, 0.5) is 0 Å². The normalized spacial score (nSPS) is 20.7. The van der Waals surface area contributed by atoms with Crippen LogP contribution in [-0.2, 0) is 0 Å². The molecule has 0 aliphatic carbocycles. The largest absolute Gasteiger partial charge is 0.391 e. The van der Waals surface area contributed by atoms with E-state index in [0.29, 0.717) is 25.2 Å². The predicted molar refractivity (Wildman–Crippen MR) is 53.3 cm³/mol. The number of amides is 1. The zero-order chi connectivity index (χ0) is 10.8. The third kappa shape index (κ3) is 2.12. The average Bonchev–Trinajstić information content (AvgIpc) is 2.65. The molecule has 0 saturated carbocycles. The van der Waals surface area contributed by atoms with Crippen molar-refractivity contribution in [3.05, 3.63) is 23.8 Å². The highest BCUT2D eigenvalue weighted by molar-refractivity contribution is 5.92. The Morgan fingerprint density at radius 3 is 2.87 bits per heavy atom. The van der Waals surface area contributed by atoms with E-state index in [1.54, 1.807) is 11.1 Å². The molecule has 1 aliphatic rings. The number of aliphatic hydroxyl groups is 1. The summed E-state index contributed by atoms with van der Waals surface area (Å²) >= 11 is 0. The monoisotopic (exact) mass is 207 g/mol. The maximum atomic E-state index is 11.8. The fraction of sp³-hybridized carbons (Fsp3) is 0.500. The minimum atomic E-state index is -0.396. The molecule has 1 amide bonds. The van der Waals surface area contributed by atoms with Crippen molar-refractivity contribution in [2.24, 2.45) is 0 Å². The molecule has 0 spiro atoms. The summed E-state index contributed by atoms with van der Waals surface area (Å²) < 4.78 is 0. The molecule has 5 nitrogen and oxygen atoms in total. The molecule has 1 atom stereocenters. The van der Waals surface area contributed by atoms with Gasteiger partial charge in [-0.25, -0.2) is 4.98 Å². The molecule has 15 heavy (non-hydrogen) atoms. The molecule has 0 bridgehead atoms. The van der Waals surface area contributed by atoms with Crippen LogP contribution in [0.3, 0.4) is 0 Å². The third-order valence-corrected chi connectivity index (χ3v) is 2.45. The zero-order valence-electron chi connectivity index (χ0n) is 8.55. The van der Waals surface area contributed by atoms with Gasteiger partial charge in [0.05, 0.1) is 18.0 Å². The molecule has 1 aromatic rings. The molecule has 0 radical (unpaired) electrons. The summed E-state index contributed by atoms with van der Waals surface area (Å²) in [6, 6.07) is 0. The molecule has 1 saturated heterocycles. The summed E-state index contributed by atoms with van der Waals surface area (Å²) in [7, 11) is 0. The van der Waals surface area contributed by atoms with E-state index in [-0.39, 0.29) is 5.91 Å². The molecule has 80 valence electrons. The fourth-order valence-electron chi connectivity index (χ4n) is 1.59. The standard InChI is InChI=1S/C10H13N3O2/c1-7-4-12-9(5-11-7)10(15)13-3-2-8(14)6-13/h4-5,8,14H,2-3,6H2,1H3/t8-/m0/s1. The third-order valence-electron chi connectivity index (χ3n) is 2.45. The lowest BCUT2D eigenvalue weighted by molar-refractivity contribution is 0.0758. The number of aryl methyl sites for hydroxylation is 1. The first-order chi connectivity index (χ1) is 7.16. The molecule has 1 N–H and O–H groups in total. The molecular weight excluding hydrogens is 194 g/mol. The number of carbonyl (C=O) groups is 1. The highest BCUT2D eigenvalue weighted by atomic mass is 16.3. The molecule has 1 aliphatic heterocycles.